The molecule has 0 N–H and O–H groups in total. The van der Waals surface area contributed by atoms with Crippen LogP contribution in [0.4, 0.5) is 5.69 Å². The zero-order chi connectivity index (χ0) is 20.3. The Kier molecular flexibility index (Phi) is 5.16. The number of hydrogen-bond donors (Lipinski definition) is 0. The third-order valence-corrected chi connectivity index (χ3v) is 3.88. The lowest BCUT2D eigenvalue weighted by Gasteiger charge is -2.03. The van der Waals surface area contributed by atoms with Gasteiger partial charge in [0.1, 0.15) is 0 Å². The van der Waals surface area contributed by atoms with E-state index in [1.165, 1.54) is 38.5 Å². The normalized spacial score (nSPS) is 14.4. The highest BCUT2D eigenvalue weighted by atomic mass is 16.6. The predicted octanol–water partition coefficient (Wildman–Crippen LogP) is 2.73. The molecule has 0 atom stereocenters. The van der Waals surface area contributed by atoms with Gasteiger partial charge in [0.05, 0.1) is 24.7 Å². The lowest BCUT2D eigenvalue weighted by Crippen LogP contribution is -2.06. The maximum Gasteiger partial charge on any atom is 0.363 e. The quantitative estimate of drug-likeness (QED) is 0.338. The van der Waals surface area contributed by atoms with Crippen LogP contribution < -0.4 is 4.74 Å². The van der Waals surface area contributed by atoms with Crippen molar-refractivity contribution in [2.45, 2.75) is 0 Å². The third kappa shape index (κ3) is 3.73. The van der Waals surface area contributed by atoms with E-state index in [4.69, 9.17) is 9.47 Å². The summed E-state index contributed by atoms with van der Waals surface area (Å²) in [6.45, 7) is 0. The fourth-order valence-corrected chi connectivity index (χ4v) is 2.49. The summed E-state index contributed by atoms with van der Waals surface area (Å²) in [7, 11) is 2.61. The minimum Gasteiger partial charge on any atom is -0.490 e. The van der Waals surface area contributed by atoms with Gasteiger partial charge in [-0.15, -0.1) is 0 Å². The summed E-state index contributed by atoms with van der Waals surface area (Å²) < 4.78 is 14.7. The van der Waals surface area contributed by atoms with Crippen LogP contribution in [0.15, 0.2) is 53.2 Å². The van der Waals surface area contributed by atoms with Gasteiger partial charge in [0.2, 0.25) is 5.90 Å². The van der Waals surface area contributed by atoms with Gasteiger partial charge in [-0.2, -0.15) is 0 Å². The van der Waals surface area contributed by atoms with E-state index in [0.29, 0.717) is 11.1 Å². The van der Waals surface area contributed by atoms with Crippen molar-refractivity contribution in [3.8, 4) is 5.75 Å². The Hall–Kier alpha value is -4.01. The van der Waals surface area contributed by atoms with Gasteiger partial charge in [0.15, 0.2) is 11.4 Å². The molecule has 9 nitrogen and oxygen atoms in total. The molecule has 0 radical (unpaired) electrons. The van der Waals surface area contributed by atoms with Crippen LogP contribution in [0.1, 0.15) is 21.5 Å². The molecule has 0 saturated carbocycles. The highest BCUT2D eigenvalue weighted by molar-refractivity contribution is 6.13. The number of nitrogens with zero attached hydrogens (tertiary/aromatic N) is 2. The molecule has 0 bridgehead atoms. The van der Waals surface area contributed by atoms with Crippen LogP contribution in [-0.2, 0) is 14.3 Å². The number of nitro benzene ring substituents is 1. The lowest BCUT2D eigenvalue weighted by atomic mass is 10.1. The first kappa shape index (κ1) is 18.8. The molecular weight excluding hydrogens is 368 g/mol. The van der Waals surface area contributed by atoms with Crippen LogP contribution in [0, 0.1) is 10.1 Å². The maximum absolute atomic E-state index is 12.1. The minimum atomic E-state index is -0.689. The van der Waals surface area contributed by atoms with Gasteiger partial charge in [-0.25, -0.2) is 14.6 Å². The van der Waals surface area contributed by atoms with Gasteiger partial charge in [-0.1, -0.05) is 12.1 Å². The van der Waals surface area contributed by atoms with E-state index in [9.17, 15) is 19.7 Å². The number of hydrogen-bond acceptors (Lipinski definition) is 8. The molecule has 28 heavy (non-hydrogen) atoms. The van der Waals surface area contributed by atoms with E-state index < -0.39 is 16.9 Å². The highest BCUT2D eigenvalue weighted by Crippen LogP contribution is 2.29. The van der Waals surface area contributed by atoms with Crippen molar-refractivity contribution in [3.63, 3.8) is 0 Å². The minimum absolute atomic E-state index is 0.0271. The van der Waals surface area contributed by atoms with Crippen LogP contribution >= 0.6 is 0 Å². The molecule has 2 aromatic rings. The zero-order valence-electron chi connectivity index (χ0n) is 14.9. The molecule has 1 aliphatic rings. The number of nitro groups is 1. The fraction of sp³-hybridized carbons (Fsp3) is 0.105. The second kappa shape index (κ2) is 7.70. The topological polar surface area (TPSA) is 117 Å². The number of cyclic esters (lactones) is 1. The van der Waals surface area contributed by atoms with Crippen molar-refractivity contribution in [1.82, 2.24) is 0 Å². The zero-order valence-corrected chi connectivity index (χ0v) is 14.9. The summed E-state index contributed by atoms with van der Waals surface area (Å²) in [5.74, 6) is -1.13. The standard InChI is InChI=1S/C19H14N2O7/c1-26-16-8-7-13(10-15(16)21(24)25)17-20-14(19(23)28-17)9-11-3-5-12(6-4-11)18(22)27-2/h3-10H,1-2H3/b14-9+. The number of rotatable bonds is 5. The summed E-state index contributed by atoms with van der Waals surface area (Å²) in [6, 6.07) is 10.5. The van der Waals surface area contributed by atoms with E-state index in [2.05, 4.69) is 9.73 Å². The van der Waals surface area contributed by atoms with Gasteiger partial charge >= 0.3 is 17.6 Å². The van der Waals surface area contributed by atoms with Crippen molar-refractivity contribution >= 4 is 29.6 Å². The number of methoxy groups -OCH3 is 2. The van der Waals surface area contributed by atoms with Crippen LogP contribution in [0.3, 0.4) is 0 Å². The Morgan fingerprint density at radius 3 is 2.50 bits per heavy atom. The maximum atomic E-state index is 12.1. The second-order valence-electron chi connectivity index (χ2n) is 5.59. The first-order valence-electron chi connectivity index (χ1n) is 7.96. The summed E-state index contributed by atoms with van der Waals surface area (Å²) in [6.07, 6.45) is 1.48. The van der Waals surface area contributed by atoms with E-state index in [-0.39, 0.29) is 28.6 Å². The molecule has 0 aliphatic carbocycles. The first-order chi connectivity index (χ1) is 13.4. The number of carbonyl (C=O) groups excluding carboxylic acids is 2. The molecule has 9 heteroatoms. The third-order valence-electron chi connectivity index (χ3n) is 3.88. The van der Waals surface area contributed by atoms with Crippen molar-refractivity contribution in [2.75, 3.05) is 14.2 Å². The molecule has 142 valence electrons. The van der Waals surface area contributed by atoms with Crippen LogP contribution in [0.25, 0.3) is 6.08 Å². The van der Waals surface area contributed by atoms with Crippen molar-refractivity contribution in [3.05, 3.63) is 75.0 Å². The molecule has 2 aromatic carbocycles. The SMILES string of the molecule is COC(=O)c1ccc(/C=C2/N=C(c3ccc(OC)c([N+](=O)[O-])c3)OC2=O)cc1. The van der Waals surface area contributed by atoms with Gasteiger partial charge in [-0.3, -0.25) is 10.1 Å². The second-order valence-corrected chi connectivity index (χ2v) is 5.59. The van der Waals surface area contributed by atoms with E-state index in [1.54, 1.807) is 24.3 Å². The molecule has 0 aromatic heterocycles. The number of ether oxygens (including phenoxy) is 3. The lowest BCUT2D eigenvalue weighted by molar-refractivity contribution is -0.385. The largest absolute Gasteiger partial charge is 0.490 e. The number of aliphatic imine (C=N–C) groups is 1. The highest BCUT2D eigenvalue weighted by Gasteiger charge is 2.26. The predicted molar refractivity (Wildman–Crippen MR) is 98.0 cm³/mol. The average molecular weight is 382 g/mol. The van der Waals surface area contributed by atoms with Crippen molar-refractivity contribution in [2.24, 2.45) is 4.99 Å². The molecule has 3 rings (SSSR count). The Morgan fingerprint density at radius 2 is 1.89 bits per heavy atom. The molecule has 0 spiro atoms. The molecule has 1 aliphatic heterocycles. The molecule has 0 unspecified atom stereocenters. The summed E-state index contributed by atoms with van der Waals surface area (Å²) in [5, 5.41) is 11.1. The Balaban J connectivity index is 1.90. The van der Waals surface area contributed by atoms with Crippen LogP contribution in [0.2, 0.25) is 0 Å². The van der Waals surface area contributed by atoms with E-state index in [1.807, 2.05) is 0 Å². The van der Waals surface area contributed by atoms with Gasteiger partial charge in [-0.05, 0) is 35.9 Å². The molecule has 0 amide bonds. The molecular formula is C19H14N2O7. The number of benzene rings is 2. The summed E-state index contributed by atoms with van der Waals surface area (Å²) in [4.78, 5) is 38.2. The number of esters is 2. The average Bonchev–Trinajstić information content (AvgIpc) is 3.07. The summed E-state index contributed by atoms with van der Waals surface area (Å²) >= 11 is 0. The fourth-order valence-electron chi connectivity index (χ4n) is 2.49. The smallest absolute Gasteiger partial charge is 0.363 e. The Labute approximate surface area is 159 Å². The van der Waals surface area contributed by atoms with Crippen molar-refractivity contribution in [1.29, 1.82) is 0 Å². The summed E-state index contributed by atoms with van der Waals surface area (Å²) in [5.41, 5.74) is 1.01. The monoisotopic (exact) mass is 382 g/mol. The number of carbonyl (C=O) groups is 2. The van der Waals surface area contributed by atoms with Crippen molar-refractivity contribution < 1.29 is 28.7 Å². The molecule has 0 fully saturated rings. The Bertz CT molecular complexity index is 1020. The molecule has 1 heterocycles. The Morgan fingerprint density at radius 1 is 1.18 bits per heavy atom. The molecule has 0 saturated heterocycles. The van der Waals surface area contributed by atoms with Gasteiger partial charge < -0.3 is 14.2 Å². The van der Waals surface area contributed by atoms with Crippen LogP contribution in [-0.4, -0.2) is 37.0 Å². The first-order valence-corrected chi connectivity index (χ1v) is 7.96. The van der Waals surface area contributed by atoms with Gasteiger partial charge in [0, 0.05) is 11.6 Å². The van der Waals surface area contributed by atoms with Crippen LogP contribution in [0.5, 0.6) is 5.75 Å². The van der Waals surface area contributed by atoms with E-state index in [0.717, 1.165) is 0 Å². The van der Waals surface area contributed by atoms with E-state index >= 15 is 0 Å². The van der Waals surface area contributed by atoms with Gasteiger partial charge in [0.25, 0.3) is 0 Å².